The number of carbonyl (C=O) groups excluding carboxylic acids is 1. The first-order valence-corrected chi connectivity index (χ1v) is 14.3. The van der Waals surface area contributed by atoms with Gasteiger partial charge in [0, 0.05) is 61.5 Å². The number of aromatic hydroxyl groups is 1. The number of benzene rings is 2. The van der Waals surface area contributed by atoms with E-state index in [9.17, 15) is 35.7 Å². The summed E-state index contributed by atoms with van der Waals surface area (Å²) in [5, 5.41) is 48.7. The summed E-state index contributed by atoms with van der Waals surface area (Å²) >= 11 is 0. The third kappa shape index (κ3) is 9.75. The number of anilines is 1. The molecule has 0 amide bonds. The lowest BCUT2D eigenvalue weighted by Gasteiger charge is -2.29. The van der Waals surface area contributed by atoms with Crippen LogP contribution in [-0.2, 0) is 32.6 Å². The molecule has 0 saturated heterocycles. The van der Waals surface area contributed by atoms with Crippen LogP contribution in [0, 0.1) is 0 Å². The van der Waals surface area contributed by atoms with Gasteiger partial charge in [-0.05, 0) is 64.1 Å². The van der Waals surface area contributed by atoms with Crippen molar-refractivity contribution in [3.05, 3.63) is 69.1 Å². The predicted octanol–water partition coefficient (Wildman–Crippen LogP) is 3.43. The quantitative estimate of drug-likeness (QED) is 0.0388. The smallest absolute Gasteiger partial charge is 0.347 e. The molecular formula is C30H41N3O12. The summed E-state index contributed by atoms with van der Waals surface area (Å²) in [7, 11) is 0. The minimum atomic E-state index is -0.923. The average Bonchev–Trinajstić information content (AvgIpc) is 3.02. The normalized spacial score (nSPS) is 14.6. The monoisotopic (exact) mass is 635 g/mol. The molecule has 1 aromatic heterocycles. The van der Waals surface area contributed by atoms with Crippen LogP contribution in [0.1, 0.15) is 54.7 Å². The number of hydrogen-bond acceptors (Lipinski definition) is 15. The van der Waals surface area contributed by atoms with Crippen molar-refractivity contribution in [3.63, 3.8) is 0 Å². The molecule has 7 N–H and O–H groups in total. The van der Waals surface area contributed by atoms with Crippen LogP contribution >= 0.6 is 0 Å². The SMILES string of the molecule is CC(CN(Cc1cc2cc(C(=O)c3ccc(N)cc3)c(=O)oc2c(CN(CC(C)OO)CC(C)OO)c1O)CC(C)OO)OO. The number of nitrogens with zero attached hydrogens (tertiary/aromatic N) is 2. The van der Waals surface area contributed by atoms with Crippen molar-refractivity contribution in [1.29, 1.82) is 0 Å². The van der Waals surface area contributed by atoms with E-state index in [-0.39, 0.29) is 67.3 Å². The molecule has 0 fully saturated rings. The van der Waals surface area contributed by atoms with Gasteiger partial charge in [-0.15, -0.1) is 0 Å². The number of hydrogen-bond donors (Lipinski definition) is 6. The maximum absolute atomic E-state index is 13.3. The molecular weight excluding hydrogens is 594 g/mol. The number of nitrogens with two attached hydrogens (primary N) is 1. The molecule has 4 unspecified atom stereocenters. The Bertz CT molecular complexity index is 1440. The molecule has 45 heavy (non-hydrogen) atoms. The first-order chi connectivity index (χ1) is 21.4. The summed E-state index contributed by atoms with van der Waals surface area (Å²) < 4.78 is 5.69. The van der Waals surface area contributed by atoms with Crippen LogP contribution in [0.4, 0.5) is 5.69 Å². The summed E-state index contributed by atoms with van der Waals surface area (Å²) in [5.74, 6) is -0.820. The Labute approximate surface area is 259 Å². The van der Waals surface area contributed by atoms with Crippen molar-refractivity contribution in [2.45, 2.75) is 65.2 Å². The molecule has 3 aromatic rings. The number of carbonyl (C=O) groups is 1. The van der Waals surface area contributed by atoms with Crippen LogP contribution in [-0.4, -0.2) is 92.3 Å². The van der Waals surface area contributed by atoms with Gasteiger partial charge in [-0.3, -0.25) is 35.6 Å². The standard InChI is InChI=1S/C30H41N3O12/c1-17(42-37)11-32(12-18(2)43-38)15-23-9-22-10-25(27(34)21-5-7-24(31)8-6-21)30(36)41-29(22)26(28(23)35)16-33(13-19(3)44-39)14-20(4)45-40/h5-10,17-20,35,37-40H,11-16,31H2,1-4H3. The van der Waals surface area contributed by atoms with E-state index >= 15 is 0 Å². The van der Waals surface area contributed by atoms with E-state index in [1.807, 2.05) is 0 Å². The van der Waals surface area contributed by atoms with Crippen molar-refractivity contribution >= 4 is 22.4 Å². The fraction of sp³-hybridized carbons (Fsp3) is 0.467. The zero-order valence-corrected chi connectivity index (χ0v) is 25.6. The molecule has 0 saturated carbocycles. The first kappa shape index (κ1) is 36.0. The maximum Gasteiger partial charge on any atom is 0.347 e. The van der Waals surface area contributed by atoms with E-state index in [0.29, 0.717) is 16.6 Å². The van der Waals surface area contributed by atoms with Crippen molar-refractivity contribution in [2.75, 3.05) is 31.9 Å². The Kier molecular flexibility index (Phi) is 13.4. The van der Waals surface area contributed by atoms with Gasteiger partial charge in [-0.25, -0.2) is 24.3 Å². The second-order valence-electron chi connectivity index (χ2n) is 11.2. The average molecular weight is 636 g/mol. The molecule has 248 valence electrons. The van der Waals surface area contributed by atoms with Crippen molar-refractivity contribution < 1.29 is 54.9 Å². The van der Waals surface area contributed by atoms with Crippen LogP contribution < -0.4 is 11.4 Å². The van der Waals surface area contributed by atoms with Gasteiger partial charge in [0.15, 0.2) is 5.78 Å². The second-order valence-corrected chi connectivity index (χ2v) is 11.2. The lowest BCUT2D eigenvalue weighted by atomic mass is 9.99. The molecule has 0 spiro atoms. The summed E-state index contributed by atoms with van der Waals surface area (Å²) in [5.41, 5.74) is 5.79. The van der Waals surface area contributed by atoms with E-state index in [1.165, 1.54) is 30.3 Å². The summed E-state index contributed by atoms with van der Waals surface area (Å²) in [6.45, 7) is 7.04. The molecule has 2 aromatic carbocycles. The van der Waals surface area contributed by atoms with Crippen molar-refractivity contribution in [1.82, 2.24) is 9.80 Å². The predicted molar refractivity (Wildman–Crippen MR) is 162 cm³/mol. The largest absolute Gasteiger partial charge is 0.507 e. The number of fused-ring (bicyclic) bond motifs is 1. The molecule has 0 aliphatic rings. The number of rotatable bonds is 18. The van der Waals surface area contributed by atoms with Crippen LogP contribution in [0.3, 0.4) is 0 Å². The molecule has 0 aliphatic heterocycles. The first-order valence-electron chi connectivity index (χ1n) is 14.3. The number of nitrogen functional groups attached to an aromatic ring is 1. The van der Waals surface area contributed by atoms with E-state index in [0.717, 1.165) is 0 Å². The van der Waals surface area contributed by atoms with Gasteiger partial charge in [0.1, 0.15) is 41.3 Å². The third-order valence-corrected chi connectivity index (χ3v) is 7.14. The lowest BCUT2D eigenvalue weighted by Crippen LogP contribution is -2.38. The Morgan fingerprint density at radius 1 is 0.800 bits per heavy atom. The zero-order valence-electron chi connectivity index (χ0n) is 25.6. The Morgan fingerprint density at radius 2 is 1.27 bits per heavy atom. The summed E-state index contributed by atoms with van der Waals surface area (Å²) in [6, 6.07) is 9.02. The van der Waals surface area contributed by atoms with Crippen molar-refractivity contribution in [2.24, 2.45) is 0 Å². The molecule has 0 radical (unpaired) electrons. The minimum Gasteiger partial charge on any atom is -0.507 e. The van der Waals surface area contributed by atoms with E-state index < -0.39 is 35.8 Å². The Morgan fingerprint density at radius 3 is 1.73 bits per heavy atom. The number of phenols is 1. The summed E-state index contributed by atoms with van der Waals surface area (Å²) in [4.78, 5) is 47.7. The molecule has 3 rings (SSSR count). The van der Waals surface area contributed by atoms with Gasteiger partial charge in [-0.1, -0.05) is 0 Å². The molecule has 0 bridgehead atoms. The highest BCUT2D eigenvalue weighted by molar-refractivity contribution is 6.10. The number of ketones is 1. The molecule has 15 nitrogen and oxygen atoms in total. The minimum absolute atomic E-state index is 0.0147. The highest BCUT2D eigenvalue weighted by atomic mass is 17.1. The summed E-state index contributed by atoms with van der Waals surface area (Å²) in [6.07, 6.45) is -2.65. The Balaban J connectivity index is 2.20. The Hall–Kier alpha value is -3.48. The van der Waals surface area contributed by atoms with Gasteiger partial charge in [0.05, 0.1) is 5.56 Å². The van der Waals surface area contributed by atoms with Gasteiger partial charge < -0.3 is 15.3 Å². The highest BCUT2D eigenvalue weighted by Gasteiger charge is 2.25. The van der Waals surface area contributed by atoms with Gasteiger partial charge in [-0.2, -0.15) is 0 Å². The molecule has 4 atom stereocenters. The lowest BCUT2D eigenvalue weighted by molar-refractivity contribution is -0.286. The molecule has 1 heterocycles. The van der Waals surface area contributed by atoms with E-state index in [2.05, 4.69) is 19.6 Å². The highest BCUT2D eigenvalue weighted by Crippen LogP contribution is 2.34. The topological polar surface area (TPSA) is 218 Å². The maximum atomic E-state index is 13.3. The third-order valence-electron chi connectivity index (χ3n) is 7.14. The fourth-order valence-corrected chi connectivity index (χ4v) is 5.06. The van der Waals surface area contributed by atoms with E-state index in [4.69, 9.17) is 10.2 Å². The van der Waals surface area contributed by atoms with E-state index in [1.54, 1.807) is 43.6 Å². The number of phenolic OH excluding ortho intramolecular Hbond substituents is 1. The van der Waals surface area contributed by atoms with Gasteiger partial charge in [0.25, 0.3) is 0 Å². The van der Waals surface area contributed by atoms with Gasteiger partial charge in [0.2, 0.25) is 0 Å². The van der Waals surface area contributed by atoms with Crippen LogP contribution in [0.15, 0.2) is 45.6 Å². The second kappa shape index (κ2) is 16.7. The zero-order chi connectivity index (χ0) is 33.3. The molecule has 0 aliphatic carbocycles. The van der Waals surface area contributed by atoms with Crippen molar-refractivity contribution in [3.8, 4) is 5.75 Å². The van der Waals surface area contributed by atoms with Crippen LogP contribution in [0.25, 0.3) is 11.0 Å². The van der Waals surface area contributed by atoms with Crippen LogP contribution in [0.5, 0.6) is 5.75 Å². The van der Waals surface area contributed by atoms with Gasteiger partial charge >= 0.3 is 5.63 Å². The molecule has 15 heteroatoms. The fourth-order valence-electron chi connectivity index (χ4n) is 5.06. The van der Waals surface area contributed by atoms with Crippen LogP contribution in [0.2, 0.25) is 0 Å².